The fourth-order valence-corrected chi connectivity index (χ4v) is 3.72. The lowest BCUT2D eigenvalue weighted by Crippen LogP contribution is -2.24. The lowest BCUT2D eigenvalue weighted by molar-refractivity contribution is 0.0967. The van der Waals surface area contributed by atoms with Crippen molar-refractivity contribution in [3.8, 4) is 0 Å². The van der Waals surface area contributed by atoms with Crippen LogP contribution in [-0.4, -0.2) is 10.9 Å². The number of allylic oxidation sites excluding steroid dienone is 4. The van der Waals surface area contributed by atoms with Crippen molar-refractivity contribution in [1.82, 2.24) is 10.3 Å². The highest BCUT2D eigenvalue weighted by molar-refractivity contribution is 7.16. The molecule has 4 nitrogen and oxygen atoms in total. The molecule has 0 radical (unpaired) electrons. The van der Waals surface area contributed by atoms with Gasteiger partial charge in [-0.25, -0.2) is 4.98 Å². The molecule has 0 atom stereocenters. The number of nitrogens with two attached hydrogens (primary N) is 1. The summed E-state index contributed by atoms with van der Waals surface area (Å²) in [6, 6.07) is 9.41. The Bertz CT molecular complexity index is 977. The van der Waals surface area contributed by atoms with Crippen molar-refractivity contribution in [1.29, 1.82) is 0 Å². The van der Waals surface area contributed by atoms with Crippen LogP contribution in [0, 0.1) is 0 Å². The normalized spacial score (nSPS) is 12.8. The molecule has 6 heteroatoms. The predicted molar refractivity (Wildman–Crippen MR) is 106 cm³/mol. The van der Waals surface area contributed by atoms with E-state index >= 15 is 0 Å². The second-order valence-electron chi connectivity index (χ2n) is 5.37. The Labute approximate surface area is 154 Å². The summed E-state index contributed by atoms with van der Waals surface area (Å²) in [6.45, 7) is 5.61. The molecule has 126 valence electrons. The molecule has 0 aliphatic rings. The molecule has 0 aliphatic carbocycles. The number of carbonyl (C=O) groups is 1. The molecule has 0 bridgehead atoms. The number of thiophene rings is 1. The largest absolute Gasteiger partial charge is 0.401 e. The molecular formula is C19H17N3OS2. The molecule has 0 fully saturated rings. The van der Waals surface area contributed by atoms with Crippen LogP contribution in [0.25, 0.3) is 15.8 Å². The fraction of sp³-hybridized carbons (Fsp3) is 0.0526. The summed E-state index contributed by atoms with van der Waals surface area (Å²) >= 11 is 3.11. The number of hydrogen-bond acceptors (Lipinski definition) is 5. The number of rotatable bonds is 5. The average Bonchev–Trinajstić information content (AvgIpc) is 3.28. The second kappa shape index (κ2) is 7.46. The van der Waals surface area contributed by atoms with Crippen molar-refractivity contribution in [2.75, 3.05) is 0 Å². The number of amides is 1. The zero-order valence-electron chi connectivity index (χ0n) is 13.7. The average molecular weight is 367 g/mol. The summed E-state index contributed by atoms with van der Waals surface area (Å²) in [4.78, 5) is 17.9. The van der Waals surface area contributed by atoms with E-state index in [2.05, 4.69) is 16.9 Å². The van der Waals surface area contributed by atoms with Gasteiger partial charge >= 0.3 is 0 Å². The van der Waals surface area contributed by atoms with Gasteiger partial charge in [0.1, 0.15) is 0 Å². The lowest BCUT2D eigenvalue weighted by Gasteiger charge is -2.10. The molecule has 1 amide bonds. The highest BCUT2D eigenvalue weighted by Gasteiger charge is 2.11. The van der Waals surface area contributed by atoms with Gasteiger partial charge in [0.25, 0.3) is 5.91 Å². The molecule has 0 aliphatic heterocycles. The summed E-state index contributed by atoms with van der Waals surface area (Å²) in [6.07, 6.45) is 3.60. The summed E-state index contributed by atoms with van der Waals surface area (Å²) in [5, 5.41) is 4.89. The molecule has 25 heavy (non-hydrogen) atoms. The van der Waals surface area contributed by atoms with Gasteiger partial charge < -0.3 is 11.1 Å². The van der Waals surface area contributed by atoms with E-state index in [9.17, 15) is 4.79 Å². The first kappa shape index (κ1) is 17.1. The number of carbonyl (C=O) groups excluding carboxylic acids is 1. The van der Waals surface area contributed by atoms with E-state index in [1.807, 2.05) is 35.7 Å². The molecule has 0 unspecified atom stereocenters. The minimum absolute atomic E-state index is 0.207. The molecule has 3 rings (SSSR count). The van der Waals surface area contributed by atoms with E-state index in [0.29, 0.717) is 17.0 Å². The number of aromatic nitrogens is 1. The van der Waals surface area contributed by atoms with Crippen molar-refractivity contribution < 1.29 is 4.79 Å². The first-order chi connectivity index (χ1) is 12.1. The van der Waals surface area contributed by atoms with Gasteiger partial charge in [-0.15, -0.1) is 22.7 Å². The Kier molecular flexibility index (Phi) is 5.11. The topological polar surface area (TPSA) is 68.0 Å². The fourth-order valence-electron chi connectivity index (χ4n) is 2.27. The Morgan fingerprint density at radius 2 is 2.16 bits per heavy atom. The van der Waals surface area contributed by atoms with E-state index in [-0.39, 0.29) is 5.91 Å². The quantitative estimate of drug-likeness (QED) is 0.650. The molecule has 3 aromatic rings. The smallest absolute Gasteiger partial charge is 0.255 e. The summed E-state index contributed by atoms with van der Waals surface area (Å²) < 4.78 is 0.976. The van der Waals surface area contributed by atoms with Gasteiger partial charge in [0, 0.05) is 16.1 Å². The molecule has 1 aromatic carbocycles. The molecule has 2 heterocycles. The molecular weight excluding hydrogens is 350 g/mol. The maximum absolute atomic E-state index is 12.6. The van der Waals surface area contributed by atoms with Crippen LogP contribution < -0.4 is 11.1 Å². The van der Waals surface area contributed by atoms with E-state index < -0.39 is 0 Å². The van der Waals surface area contributed by atoms with Gasteiger partial charge in [0.2, 0.25) is 0 Å². The highest BCUT2D eigenvalue weighted by atomic mass is 32.1. The van der Waals surface area contributed by atoms with Crippen LogP contribution in [0.1, 0.15) is 22.2 Å². The number of fused-ring (bicyclic) bond motifs is 1. The highest BCUT2D eigenvalue weighted by Crippen LogP contribution is 2.23. The van der Waals surface area contributed by atoms with Gasteiger partial charge in [0.05, 0.1) is 21.4 Å². The van der Waals surface area contributed by atoms with Crippen molar-refractivity contribution >= 4 is 44.4 Å². The minimum atomic E-state index is -0.207. The van der Waals surface area contributed by atoms with Gasteiger partial charge in [-0.05, 0) is 48.2 Å². The molecule has 2 aromatic heterocycles. The standard InChI is InChI=1S/C19H17N3OS2/c1-3-13(17-5-4-8-24-17)9-16(12(2)20)22-19(23)14-6-7-15-18(10-14)25-11-21-15/h3-11H,1,20H2,2H3,(H,22,23)/b13-9+,16-12-. The van der Waals surface area contributed by atoms with E-state index in [0.717, 1.165) is 20.7 Å². The lowest BCUT2D eigenvalue weighted by atomic mass is 10.1. The second-order valence-corrected chi connectivity index (χ2v) is 7.20. The maximum atomic E-state index is 12.6. The number of hydrogen-bond donors (Lipinski definition) is 2. The van der Waals surface area contributed by atoms with E-state index in [1.54, 1.807) is 35.9 Å². The van der Waals surface area contributed by atoms with E-state index in [1.165, 1.54) is 11.3 Å². The van der Waals surface area contributed by atoms with Gasteiger partial charge in [-0.2, -0.15) is 0 Å². The van der Waals surface area contributed by atoms with Crippen LogP contribution in [0.15, 0.2) is 71.3 Å². The first-order valence-corrected chi connectivity index (χ1v) is 9.33. The predicted octanol–water partition coefficient (Wildman–Crippen LogP) is 4.55. The van der Waals surface area contributed by atoms with Crippen molar-refractivity contribution in [3.63, 3.8) is 0 Å². The first-order valence-electron chi connectivity index (χ1n) is 7.57. The SMILES string of the molecule is C=C/C(=C\C(NC(=O)c1ccc2ncsc2c1)=C(/C)N)c1cccs1. The van der Waals surface area contributed by atoms with Crippen molar-refractivity contribution in [3.05, 3.63) is 81.8 Å². The van der Waals surface area contributed by atoms with Crippen LogP contribution in [0.5, 0.6) is 0 Å². The minimum Gasteiger partial charge on any atom is -0.401 e. The van der Waals surface area contributed by atoms with Crippen LogP contribution in [0.2, 0.25) is 0 Å². The number of nitrogens with one attached hydrogen (secondary N) is 1. The van der Waals surface area contributed by atoms with Crippen molar-refractivity contribution in [2.24, 2.45) is 5.73 Å². The Morgan fingerprint density at radius 1 is 1.32 bits per heavy atom. The van der Waals surface area contributed by atoms with Gasteiger partial charge in [-0.3, -0.25) is 4.79 Å². The van der Waals surface area contributed by atoms with Crippen LogP contribution in [0.4, 0.5) is 0 Å². The Hall–Kier alpha value is -2.70. The molecule has 0 spiro atoms. The van der Waals surface area contributed by atoms with Crippen molar-refractivity contribution in [2.45, 2.75) is 6.92 Å². The summed E-state index contributed by atoms with van der Waals surface area (Å²) in [5.41, 5.74) is 11.2. The van der Waals surface area contributed by atoms with Gasteiger partial charge in [-0.1, -0.05) is 18.7 Å². The summed E-state index contributed by atoms with van der Waals surface area (Å²) in [7, 11) is 0. The van der Waals surface area contributed by atoms with Gasteiger partial charge in [0.15, 0.2) is 0 Å². The number of benzene rings is 1. The summed E-state index contributed by atoms with van der Waals surface area (Å²) in [5.74, 6) is -0.207. The molecule has 0 saturated heterocycles. The Balaban J connectivity index is 1.88. The number of nitrogens with zero attached hydrogens (tertiary/aromatic N) is 1. The van der Waals surface area contributed by atoms with E-state index in [4.69, 9.17) is 5.73 Å². The zero-order chi connectivity index (χ0) is 17.8. The van der Waals surface area contributed by atoms with Crippen LogP contribution in [-0.2, 0) is 0 Å². The zero-order valence-corrected chi connectivity index (χ0v) is 15.3. The molecule has 3 N–H and O–H groups in total. The number of thiazole rings is 1. The third kappa shape index (κ3) is 3.87. The third-order valence-electron chi connectivity index (χ3n) is 3.59. The molecule has 0 saturated carbocycles. The van der Waals surface area contributed by atoms with Crippen LogP contribution in [0.3, 0.4) is 0 Å². The Morgan fingerprint density at radius 3 is 2.84 bits per heavy atom. The maximum Gasteiger partial charge on any atom is 0.255 e. The third-order valence-corrected chi connectivity index (χ3v) is 5.30. The monoisotopic (exact) mass is 367 g/mol. The van der Waals surface area contributed by atoms with Crippen LogP contribution >= 0.6 is 22.7 Å².